The SMILES string of the molecule is O=N[SH](=O)(CCCCOCC1CO1)OS(=O)(=O)CCCOCC1CO1. The van der Waals surface area contributed by atoms with Crippen LogP contribution in [0.1, 0.15) is 19.3 Å². The Kier molecular flexibility index (Phi) is 8.32. The fourth-order valence-corrected chi connectivity index (χ4v) is 5.22. The van der Waals surface area contributed by atoms with E-state index in [1.807, 2.05) is 0 Å². The number of rotatable bonds is 16. The Labute approximate surface area is 148 Å². The zero-order valence-corrected chi connectivity index (χ0v) is 15.6. The molecule has 0 aromatic rings. The highest BCUT2D eigenvalue weighted by molar-refractivity contribution is 8.05. The quantitative estimate of drug-likeness (QED) is 0.163. The largest absolute Gasteiger partial charge is 0.379 e. The van der Waals surface area contributed by atoms with Gasteiger partial charge >= 0.3 is 0 Å². The Morgan fingerprint density at radius 3 is 2.08 bits per heavy atom. The fraction of sp³-hybridized carbons (Fsp3) is 1.00. The number of hydrogen-bond acceptors (Lipinski definition) is 9. The van der Waals surface area contributed by atoms with Gasteiger partial charge in [0.15, 0.2) is 0 Å². The molecule has 2 aliphatic rings. The van der Waals surface area contributed by atoms with Crippen molar-refractivity contribution >= 4 is 20.5 Å². The van der Waals surface area contributed by atoms with Crippen LogP contribution in [0, 0.1) is 4.91 Å². The minimum absolute atomic E-state index is 0.105. The van der Waals surface area contributed by atoms with Crippen LogP contribution in [0.4, 0.5) is 0 Å². The predicted molar refractivity (Wildman–Crippen MR) is 90.0 cm³/mol. The number of nitroso groups, excluding NO2 is 1. The number of epoxide rings is 2. The second-order valence-electron chi connectivity index (χ2n) is 5.90. The van der Waals surface area contributed by atoms with Crippen LogP contribution in [0.25, 0.3) is 0 Å². The fourth-order valence-electron chi connectivity index (χ4n) is 1.92. The summed E-state index contributed by atoms with van der Waals surface area (Å²) in [5, 5.41) is 0. The summed E-state index contributed by atoms with van der Waals surface area (Å²) in [6.07, 6.45) is 1.27. The van der Waals surface area contributed by atoms with Crippen LogP contribution in [-0.2, 0) is 43.1 Å². The first-order chi connectivity index (χ1) is 11.9. The number of thiol groups is 1. The molecule has 148 valence electrons. The van der Waals surface area contributed by atoms with E-state index in [9.17, 15) is 17.5 Å². The highest BCUT2D eigenvalue weighted by Gasteiger charge is 2.24. The first-order valence-corrected chi connectivity index (χ1v) is 11.5. The first-order valence-electron chi connectivity index (χ1n) is 8.19. The van der Waals surface area contributed by atoms with Crippen molar-refractivity contribution in [1.29, 1.82) is 0 Å². The van der Waals surface area contributed by atoms with Crippen molar-refractivity contribution in [1.82, 2.24) is 0 Å². The standard InChI is InChI=1S/C13H25NO9S2/c15-14-24(16,6-2-1-4-19-8-12-10-21-12)23-25(17,18)7-3-5-20-9-13-11-22-13/h12-13,24H,1-11H2. The molecule has 0 amide bonds. The van der Waals surface area contributed by atoms with Gasteiger partial charge in [-0.2, -0.15) is 12.6 Å². The molecule has 0 aromatic heterocycles. The molecular formula is C13H25NO9S2. The van der Waals surface area contributed by atoms with Gasteiger partial charge in [0.25, 0.3) is 10.1 Å². The summed E-state index contributed by atoms with van der Waals surface area (Å²) in [5.41, 5.74) is 0. The van der Waals surface area contributed by atoms with Crippen molar-refractivity contribution in [3.8, 4) is 0 Å². The molecule has 2 aliphatic heterocycles. The van der Waals surface area contributed by atoms with E-state index in [0.29, 0.717) is 45.9 Å². The van der Waals surface area contributed by atoms with E-state index in [0.717, 1.165) is 0 Å². The maximum Gasteiger partial charge on any atom is 0.286 e. The Bertz CT molecular complexity index is 560. The zero-order valence-electron chi connectivity index (χ0n) is 13.9. The average molecular weight is 403 g/mol. The van der Waals surface area contributed by atoms with Crippen LogP contribution in [-0.4, -0.2) is 76.0 Å². The number of hydrogen-bond donors (Lipinski definition) is 1. The third kappa shape index (κ3) is 9.68. The Morgan fingerprint density at radius 2 is 1.56 bits per heavy atom. The van der Waals surface area contributed by atoms with Crippen molar-refractivity contribution in [2.75, 3.05) is 51.1 Å². The summed E-state index contributed by atoms with van der Waals surface area (Å²) in [4.78, 5) is 10.8. The maximum absolute atomic E-state index is 12.1. The van der Waals surface area contributed by atoms with Crippen LogP contribution in [0.2, 0.25) is 0 Å². The van der Waals surface area contributed by atoms with Gasteiger partial charge in [-0.1, -0.05) is 10.4 Å². The van der Waals surface area contributed by atoms with Crippen LogP contribution in [0.5, 0.6) is 0 Å². The third-order valence-corrected chi connectivity index (χ3v) is 7.19. The molecule has 0 N–H and O–H groups in total. The summed E-state index contributed by atoms with van der Waals surface area (Å²) in [5.74, 6) is -0.614. The Morgan fingerprint density at radius 1 is 1.00 bits per heavy atom. The lowest BCUT2D eigenvalue weighted by Crippen LogP contribution is -2.24. The highest BCUT2D eigenvalue weighted by Crippen LogP contribution is 2.17. The molecule has 0 aromatic carbocycles. The summed E-state index contributed by atoms with van der Waals surface area (Å²) in [6, 6.07) is 0. The Balaban J connectivity index is 1.58. The molecule has 0 saturated carbocycles. The van der Waals surface area contributed by atoms with Gasteiger partial charge in [-0.3, -0.25) is 0 Å². The van der Waals surface area contributed by atoms with Gasteiger partial charge in [0.1, 0.15) is 12.2 Å². The predicted octanol–water partition coefficient (Wildman–Crippen LogP) is -0.0530. The average Bonchev–Trinajstić information content (AvgIpc) is 3.44. The Hall–Kier alpha value is -0.500. The van der Waals surface area contributed by atoms with Gasteiger partial charge in [-0.25, -0.2) is 0 Å². The monoisotopic (exact) mass is 403 g/mol. The van der Waals surface area contributed by atoms with Crippen molar-refractivity contribution < 1.29 is 35.2 Å². The lowest BCUT2D eigenvalue weighted by Gasteiger charge is -2.20. The molecule has 2 heterocycles. The van der Waals surface area contributed by atoms with Gasteiger partial charge in [0.2, 0.25) is 0 Å². The molecule has 25 heavy (non-hydrogen) atoms. The highest BCUT2D eigenvalue weighted by atomic mass is 32.3. The summed E-state index contributed by atoms with van der Waals surface area (Å²) >= 11 is 0. The molecule has 0 spiro atoms. The lowest BCUT2D eigenvalue weighted by atomic mass is 10.3. The molecule has 0 radical (unpaired) electrons. The maximum atomic E-state index is 12.1. The molecule has 2 unspecified atom stereocenters. The van der Waals surface area contributed by atoms with Crippen LogP contribution in [0.3, 0.4) is 0 Å². The van der Waals surface area contributed by atoms with Gasteiger partial charge in [-0.05, 0) is 19.3 Å². The number of unbranched alkanes of at least 4 members (excludes halogenated alkanes) is 1. The van der Waals surface area contributed by atoms with Crippen LogP contribution >= 0.6 is 0 Å². The van der Waals surface area contributed by atoms with E-state index in [2.05, 4.69) is 8.21 Å². The first kappa shape index (κ1) is 20.8. The summed E-state index contributed by atoms with van der Waals surface area (Å²) in [7, 11) is -8.20. The van der Waals surface area contributed by atoms with Crippen LogP contribution < -0.4 is 0 Å². The third-order valence-electron chi connectivity index (χ3n) is 3.43. The zero-order chi connectivity index (χ0) is 18.2. The summed E-state index contributed by atoms with van der Waals surface area (Å²) < 4.78 is 63.2. The topological polar surface area (TPSA) is 133 Å². The van der Waals surface area contributed by atoms with E-state index in [1.165, 1.54) is 0 Å². The van der Waals surface area contributed by atoms with Crippen molar-refractivity contribution in [2.24, 2.45) is 4.58 Å². The molecule has 2 saturated heterocycles. The molecular weight excluding hydrogens is 378 g/mol. The number of ether oxygens (including phenoxy) is 4. The van der Waals surface area contributed by atoms with Gasteiger partial charge < -0.3 is 18.9 Å². The van der Waals surface area contributed by atoms with Crippen molar-refractivity contribution in [3.05, 3.63) is 4.91 Å². The molecule has 0 bridgehead atoms. The van der Waals surface area contributed by atoms with E-state index < -0.39 is 20.5 Å². The molecule has 2 rings (SSSR count). The molecule has 12 heteroatoms. The summed E-state index contributed by atoms with van der Waals surface area (Å²) in [6.45, 7) is 2.91. The second-order valence-corrected chi connectivity index (χ2v) is 9.91. The minimum Gasteiger partial charge on any atom is -0.379 e. The van der Waals surface area contributed by atoms with Gasteiger partial charge in [0, 0.05) is 13.2 Å². The number of nitrogens with zero attached hydrogens (tertiary/aromatic N) is 1. The lowest BCUT2D eigenvalue weighted by molar-refractivity contribution is 0.114. The van der Waals surface area contributed by atoms with E-state index in [-0.39, 0.29) is 36.7 Å². The smallest absolute Gasteiger partial charge is 0.286 e. The molecule has 2 atom stereocenters. The van der Waals surface area contributed by atoms with Gasteiger partial charge in [-0.15, -0.1) is 8.54 Å². The minimum atomic E-state index is -4.10. The van der Waals surface area contributed by atoms with Crippen LogP contribution in [0.15, 0.2) is 4.58 Å². The van der Waals surface area contributed by atoms with Gasteiger partial charge in [0.05, 0.1) is 42.5 Å². The second kappa shape index (κ2) is 10.00. The molecule has 0 aliphatic carbocycles. The van der Waals surface area contributed by atoms with Crippen molar-refractivity contribution in [3.63, 3.8) is 0 Å². The normalized spacial score (nSPS) is 23.4. The van der Waals surface area contributed by atoms with E-state index in [4.69, 9.17) is 18.9 Å². The van der Waals surface area contributed by atoms with E-state index in [1.54, 1.807) is 0 Å². The molecule has 2 fully saturated rings. The van der Waals surface area contributed by atoms with E-state index >= 15 is 0 Å². The molecule has 10 nitrogen and oxygen atoms in total. The van der Waals surface area contributed by atoms with Crippen molar-refractivity contribution in [2.45, 2.75) is 31.5 Å².